The number of thioether (sulfide) groups is 2. The zero-order chi connectivity index (χ0) is 13.0. The number of rotatable bonds is 3. The fourth-order valence-corrected chi connectivity index (χ4v) is 6.31. The van der Waals surface area contributed by atoms with Gasteiger partial charge in [0.2, 0.25) is 0 Å². The third-order valence-electron chi connectivity index (χ3n) is 5.35. The average molecular weight is 298 g/mol. The fourth-order valence-electron chi connectivity index (χ4n) is 3.86. The number of hydrogen-bond donors (Lipinski definition) is 0. The molecule has 0 aromatic carbocycles. The number of carbonyl (C=O) groups is 1. The second-order valence-corrected chi connectivity index (χ2v) is 9.62. The van der Waals surface area contributed by atoms with Gasteiger partial charge in [0.1, 0.15) is 6.10 Å². The molecule has 2 heterocycles. The zero-order valence-corrected chi connectivity index (χ0v) is 13.1. The Morgan fingerprint density at radius 3 is 2.37 bits per heavy atom. The summed E-state index contributed by atoms with van der Waals surface area (Å²) in [5.41, 5.74) is 0. The summed E-state index contributed by atoms with van der Waals surface area (Å²) in [5.74, 6) is 0.918. The summed E-state index contributed by atoms with van der Waals surface area (Å²) in [6.45, 7) is 2.12. The Morgan fingerprint density at radius 1 is 1.00 bits per heavy atom. The first-order valence-electron chi connectivity index (χ1n) is 7.72. The van der Waals surface area contributed by atoms with Crippen molar-refractivity contribution in [2.24, 2.45) is 11.8 Å². The molecular formula is C15H22O2S2. The Balaban J connectivity index is 1.28. The van der Waals surface area contributed by atoms with Gasteiger partial charge in [-0.15, -0.1) is 0 Å². The normalized spacial score (nSPS) is 48.7. The molecule has 4 heteroatoms. The van der Waals surface area contributed by atoms with Crippen LogP contribution >= 0.6 is 23.5 Å². The van der Waals surface area contributed by atoms with E-state index >= 15 is 0 Å². The molecule has 2 aliphatic heterocycles. The number of hydrogen-bond acceptors (Lipinski definition) is 4. The number of fused-ring (bicyclic) bond motifs is 2. The monoisotopic (exact) mass is 298 g/mol. The molecule has 0 spiro atoms. The minimum Gasteiger partial charge on any atom is -0.462 e. The highest BCUT2D eigenvalue weighted by Gasteiger charge is 2.47. The Morgan fingerprint density at radius 2 is 1.68 bits per heavy atom. The zero-order valence-electron chi connectivity index (χ0n) is 11.4. The van der Waals surface area contributed by atoms with Gasteiger partial charge in [-0.1, -0.05) is 0 Å². The Hall–Kier alpha value is 0.170. The molecule has 2 saturated heterocycles. The molecule has 0 aromatic heterocycles. The van der Waals surface area contributed by atoms with Crippen LogP contribution in [0.1, 0.15) is 45.4 Å². The van der Waals surface area contributed by atoms with Crippen LogP contribution in [0.5, 0.6) is 0 Å². The van der Waals surface area contributed by atoms with Gasteiger partial charge in [-0.2, -0.15) is 23.5 Å². The van der Waals surface area contributed by atoms with Crippen LogP contribution in [0.25, 0.3) is 0 Å². The fraction of sp³-hybridized carbons (Fsp3) is 0.933. The van der Waals surface area contributed by atoms with Crippen molar-refractivity contribution in [3.63, 3.8) is 0 Å². The topological polar surface area (TPSA) is 26.3 Å². The Labute approximate surface area is 123 Å². The van der Waals surface area contributed by atoms with Crippen molar-refractivity contribution in [2.45, 2.75) is 72.6 Å². The summed E-state index contributed by atoms with van der Waals surface area (Å²) >= 11 is 4.19. The largest absolute Gasteiger partial charge is 0.462 e. The molecule has 106 valence electrons. The van der Waals surface area contributed by atoms with E-state index in [1.165, 1.54) is 25.7 Å². The second-order valence-electron chi connectivity index (χ2n) is 6.65. The summed E-state index contributed by atoms with van der Waals surface area (Å²) < 4.78 is 5.81. The summed E-state index contributed by atoms with van der Waals surface area (Å²) in [6, 6.07) is 0. The lowest BCUT2D eigenvalue weighted by Crippen LogP contribution is -2.32. The molecule has 4 aliphatic rings. The van der Waals surface area contributed by atoms with Crippen molar-refractivity contribution in [2.75, 3.05) is 0 Å². The first-order chi connectivity index (χ1) is 9.20. The van der Waals surface area contributed by atoms with Crippen LogP contribution in [-0.2, 0) is 9.53 Å². The molecule has 0 bridgehead atoms. The molecule has 0 amide bonds. The predicted octanol–water partition coefficient (Wildman–Crippen LogP) is 3.49. The van der Waals surface area contributed by atoms with Gasteiger partial charge in [0.25, 0.3) is 0 Å². The predicted molar refractivity (Wildman–Crippen MR) is 80.6 cm³/mol. The molecule has 2 nitrogen and oxygen atoms in total. The summed E-state index contributed by atoms with van der Waals surface area (Å²) in [5, 5.41) is 3.49. The van der Waals surface area contributed by atoms with Crippen molar-refractivity contribution in [3.05, 3.63) is 0 Å². The lowest BCUT2D eigenvalue weighted by atomic mass is 9.85. The molecule has 2 saturated carbocycles. The van der Waals surface area contributed by atoms with E-state index < -0.39 is 0 Å². The Kier molecular flexibility index (Phi) is 3.30. The second kappa shape index (κ2) is 4.87. The van der Waals surface area contributed by atoms with Gasteiger partial charge in [0.15, 0.2) is 0 Å². The highest BCUT2D eigenvalue weighted by atomic mass is 32.2. The van der Waals surface area contributed by atoms with Crippen LogP contribution in [0.4, 0.5) is 0 Å². The van der Waals surface area contributed by atoms with Crippen LogP contribution < -0.4 is 0 Å². The molecule has 4 rings (SSSR count). The maximum absolute atomic E-state index is 12.3. The van der Waals surface area contributed by atoms with E-state index in [2.05, 4.69) is 30.4 Å². The molecule has 7 atom stereocenters. The first-order valence-corrected chi connectivity index (χ1v) is 9.60. The van der Waals surface area contributed by atoms with Crippen LogP contribution in [0.15, 0.2) is 0 Å². The van der Waals surface area contributed by atoms with Crippen LogP contribution in [0, 0.1) is 11.8 Å². The van der Waals surface area contributed by atoms with Gasteiger partial charge in [-0.05, 0) is 51.4 Å². The van der Waals surface area contributed by atoms with Crippen LogP contribution in [0.2, 0.25) is 0 Å². The first kappa shape index (κ1) is 12.9. The summed E-state index contributed by atoms with van der Waals surface area (Å²) in [4.78, 5) is 12.3. The van der Waals surface area contributed by atoms with Crippen molar-refractivity contribution in [1.82, 2.24) is 0 Å². The minimum absolute atomic E-state index is 0.101. The van der Waals surface area contributed by atoms with E-state index in [1.807, 2.05) is 0 Å². The van der Waals surface area contributed by atoms with Crippen molar-refractivity contribution in [3.8, 4) is 0 Å². The minimum atomic E-state index is 0.101. The maximum atomic E-state index is 12.3. The van der Waals surface area contributed by atoms with E-state index in [0.717, 1.165) is 33.8 Å². The third-order valence-corrected chi connectivity index (χ3v) is 8.29. The molecule has 0 radical (unpaired) electrons. The summed E-state index contributed by atoms with van der Waals surface area (Å²) in [6.07, 6.45) is 7.37. The van der Waals surface area contributed by atoms with Gasteiger partial charge >= 0.3 is 5.97 Å². The number of esters is 1. The van der Waals surface area contributed by atoms with Gasteiger partial charge in [0, 0.05) is 21.0 Å². The van der Waals surface area contributed by atoms with Gasteiger partial charge in [-0.25, -0.2) is 0 Å². The summed E-state index contributed by atoms with van der Waals surface area (Å²) in [7, 11) is 0. The van der Waals surface area contributed by atoms with Crippen molar-refractivity contribution in [1.29, 1.82) is 0 Å². The average Bonchev–Trinajstić information content (AvgIpc) is 3.30. The smallest absolute Gasteiger partial charge is 0.309 e. The number of carbonyl (C=O) groups excluding carboxylic acids is 1. The van der Waals surface area contributed by atoms with Crippen LogP contribution in [-0.4, -0.2) is 33.1 Å². The van der Waals surface area contributed by atoms with Crippen molar-refractivity contribution >= 4 is 29.5 Å². The van der Waals surface area contributed by atoms with Crippen LogP contribution in [0.3, 0.4) is 0 Å². The lowest BCUT2D eigenvalue weighted by molar-refractivity contribution is -0.157. The highest BCUT2D eigenvalue weighted by Crippen LogP contribution is 2.54. The Bertz CT molecular complexity index is 386. The van der Waals surface area contributed by atoms with Gasteiger partial charge in [-0.3, -0.25) is 4.79 Å². The molecule has 19 heavy (non-hydrogen) atoms. The highest BCUT2D eigenvalue weighted by molar-refractivity contribution is 8.07. The van der Waals surface area contributed by atoms with E-state index in [4.69, 9.17) is 4.74 Å². The van der Waals surface area contributed by atoms with E-state index in [-0.39, 0.29) is 18.0 Å². The van der Waals surface area contributed by atoms with E-state index in [9.17, 15) is 4.79 Å². The van der Waals surface area contributed by atoms with Gasteiger partial charge in [0.05, 0.1) is 5.92 Å². The number of ether oxygens (including phenoxy) is 1. The maximum Gasteiger partial charge on any atom is 0.309 e. The molecule has 0 N–H and O–H groups in total. The molecular weight excluding hydrogens is 276 g/mol. The molecule has 2 aliphatic carbocycles. The third kappa shape index (κ3) is 2.67. The molecule has 0 aromatic rings. The molecule has 7 unspecified atom stereocenters. The van der Waals surface area contributed by atoms with E-state index in [0.29, 0.717) is 5.92 Å². The standard InChI is InChI=1S/C15H22O2S2/c1-8(9-2-4-11-13(6-9)18-11)17-15(16)10-3-5-12-14(7-10)19-12/h8-14H,2-7H2,1H3. The quantitative estimate of drug-likeness (QED) is 0.588. The SMILES string of the molecule is CC(OC(=O)C1CCC2SC2C1)C1CCC2SC2C1. The van der Waals surface area contributed by atoms with E-state index in [1.54, 1.807) is 0 Å². The molecule has 4 fully saturated rings. The van der Waals surface area contributed by atoms with Gasteiger partial charge < -0.3 is 4.74 Å². The lowest BCUT2D eigenvalue weighted by Gasteiger charge is -2.28. The van der Waals surface area contributed by atoms with Crippen molar-refractivity contribution < 1.29 is 9.53 Å².